The summed E-state index contributed by atoms with van der Waals surface area (Å²) in [5, 5.41) is 0. The molecular formula is C24H28F3N3O2. The van der Waals surface area contributed by atoms with E-state index < -0.39 is 11.7 Å². The van der Waals surface area contributed by atoms with Gasteiger partial charge in [-0.15, -0.1) is 0 Å². The van der Waals surface area contributed by atoms with Crippen LogP contribution in [0.1, 0.15) is 50.2 Å². The lowest BCUT2D eigenvalue weighted by Crippen LogP contribution is -2.45. The van der Waals surface area contributed by atoms with E-state index in [2.05, 4.69) is 4.99 Å². The second-order valence-electron chi connectivity index (χ2n) is 9.06. The highest BCUT2D eigenvalue weighted by atomic mass is 19.4. The van der Waals surface area contributed by atoms with Crippen LogP contribution in [0.15, 0.2) is 40.4 Å². The smallest absolute Gasteiger partial charge is 0.338 e. The Hall–Kier alpha value is -2.64. The summed E-state index contributed by atoms with van der Waals surface area (Å²) in [6.07, 6.45) is -2.69. The van der Waals surface area contributed by atoms with Gasteiger partial charge in [-0.2, -0.15) is 13.2 Å². The van der Waals surface area contributed by atoms with Crippen LogP contribution in [-0.2, 0) is 15.8 Å². The van der Waals surface area contributed by atoms with Crippen molar-refractivity contribution in [2.45, 2.75) is 45.2 Å². The summed E-state index contributed by atoms with van der Waals surface area (Å²) in [5.74, 6) is -0.435. The monoisotopic (exact) mass is 447 g/mol. The van der Waals surface area contributed by atoms with Crippen molar-refractivity contribution in [1.29, 1.82) is 0 Å². The Morgan fingerprint density at radius 2 is 1.75 bits per heavy atom. The summed E-state index contributed by atoms with van der Waals surface area (Å²) in [5.41, 5.74) is 2.13. The predicted molar refractivity (Wildman–Crippen MR) is 115 cm³/mol. The van der Waals surface area contributed by atoms with Gasteiger partial charge in [0.05, 0.1) is 12.1 Å². The van der Waals surface area contributed by atoms with Gasteiger partial charge in [0.15, 0.2) is 0 Å². The first kappa shape index (κ1) is 22.6. The lowest BCUT2D eigenvalue weighted by atomic mass is 9.86. The first-order valence-electron chi connectivity index (χ1n) is 11.2. The molecule has 0 atom stereocenters. The third kappa shape index (κ3) is 4.32. The van der Waals surface area contributed by atoms with E-state index in [0.717, 1.165) is 23.6 Å². The molecule has 1 saturated heterocycles. The molecule has 4 rings (SSSR count). The van der Waals surface area contributed by atoms with Crippen molar-refractivity contribution >= 4 is 17.5 Å². The van der Waals surface area contributed by atoms with Crippen molar-refractivity contribution in [2.24, 2.45) is 10.9 Å². The Morgan fingerprint density at radius 1 is 1.06 bits per heavy atom. The largest absolute Gasteiger partial charge is 0.416 e. The summed E-state index contributed by atoms with van der Waals surface area (Å²) < 4.78 is 40.2. The molecule has 3 aliphatic rings. The van der Waals surface area contributed by atoms with Gasteiger partial charge >= 0.3 is 6.18 Å². The number of benzene rings is 1. The van der Waals surface area contributed by atoms with Crippen molar-refractivity contribution in [2.75, 3.05) is 32.7 Å². The molecule has 0 unspecified atom stereocenters. The molecule has 172 valence electrons. The highest BCUT2D eigenvalue weighted by Crippen LogP contribution is 2.39. The molecule has 1 fully saturated rings. The van der Waals surface area contributed by atoms with E-state index in [1.807, 2.05) is 13.8 Å². The van der Waals surface area contributed by atoms with Gasteiger partial charge in [-0.1, -0.05) is 32.0 Å². The van der Waals surface area contributed by atoms with Crippen LogP contribution in [0.2, 0.25) is 0 Å². The van der Waals surface area contributed by atoms with Gasteiger partial charge in [-0.05, 0) is 42.4 Å². The highest BCUT2D eigenvalue weighted by Gasteiger charge is 2.38. The number of amides is 2. The molecule has 5 nitrogen and oxygen atoms in total. The molecule has 1 aromatic carbocycles. The fraction of sp³-hybridized carbons (Fsp3) is 0.542. The van der Waals surface area contributed by atoms with Crippen molar-refractivity contribution in [3.05, 3.63) is 46.5 Å². The van der Waals surface area contributed by atoms with E-state index in [9.17, 15) is 22.8 Å². The molecule has 3 heterocycles. The summed E-state index contributed by atoms with van der Waals surface area (Å²) >= 11 is 0. The zero-order valence-electron chi connectivity index (χ0n) is 18.4. The molecule has 1 aromatic rings. The maximum absolute atomic E-state index is 13.4. The molecule has 0 aromatic heterocycles. The maximum atomic E-state index is 13.4. The van der Waals surface area contributed by atoms with Crippen molar-refractivity contribution in [3.8, 4) is 0 Å². The number of nitrogens with zero attached hydrogens (tertiary/aromatic N) is 3. The van der Waals surface area contributed by atoms with Gasteiger partial charge in [-0.3, -0.25) is 14.6 Å². The standard InChI is InChI=1S/C24H28F3N3O2/c1-15(2)22(31)30-12-9-17-13-28-21(19(17)14-30)23(32)29-10-7-16(8-11-29)18-5-3-4-6-20(18)24(25,26)27/h3-6,15-16H,7-14H2,1-2H3. The quantitative estimate of drug-likeness (QED) is 0.702. The third-order valence-electron chi connectivity index (χ3n) is 6.67. The second-order valence-corrected chi connectivity index (χ2v) is 9.06. The van der Waals surface area contributed by atoms with Gasteiger partial charge < -0.3 is 9.80 Å². The maximum Gasteiger partial charge on any atom is 0.416 e. The summed E-state index contributed by atoms with van der Waals surface area (Å²) in [6.45, 7) is 6.07. The van der Waals surface area contributed by atoms with Crippen LogP contribution in [0.25, 0.3) is 0 Å². The average molecular weight is 448 g/mol. The topological polar surface area (TPSA) is 53.0 Å². The number of carbonyl (C=O) groups is 2. The van der Waals surface area contributed by atoms with Gasteiger partial charge in [0.2, 0.25) is 5.91 Å². The van der Waals surface area contributed by atoms with E-state index in [1.54, 1.807) is 21.9 Å². The van der Waals surface area contributed by atoms with E-state index in [1.165, 1.54) is 6.07 Å². The van der Waals surface area contributed by atoms with Gasteiger partial charge in [0, 0.05) is 37.7 Å². The number of hydrogen-bond donors (Lipinski definition) is 0. The van der Waals surface area contributed by atoms with E-state index >= 15 is 0 Å². The fourth-order valence-corrected chi connectivity index (χ4v) is 4.89. The summed E-state index contributed by atoms with van der Waals surface area (Å²) in [6, 6.07) is 5.72. The van der Waals surface area contributed by atoms with E-state index in [-0.39, 0.29) is 23.7 Å². The minimum Gasteiger partial charge on any atom is -0.338 e. The number of likely N-dealkylation sites (tertiary alicyclic amines) is 1. The first-order valence-corrected chi connectivity index (χ1v) is 11.2. The SMILES string of the molecule is CC(C)C(=O)N1CCC2=C(C1)C(C(=O)N1CCC(c3ccccc3C(F)(F)F)CC1)=NC2. The molecule has 0 bridgehead atoms. The molecule has 8 heteroatoms. The molecule has 3 aliphatic heterocycles. The van der Waals surface area contributed by atoms with Gasteiger partial charge in [0.1, 0.15) is 5.71 Å². The van der Waals surface area contributed by atoms with E-state index in [0.29, 0.717) is 56.8 Å². The van der Waals surface area contributed by atoms with Gasteiger partial charge in [-0.25, -0.2) is 0 Å². The Balaban J connectivity index is 1.43. The third-order valence-corrected chi connectivity index (χ3v) is 6.67. The molecule has 2 amide bonds. The number of hydrogen-bond acceptors (Lipinski definition) is 3. The van der Waals surface area contributed by atoms with Crippen LogP contribution in [-0.4, -0.2) is 60.0 Å². The normalized spacial score (nSPS) is 20.0. The van der Waals surface area contributed by atoms with E-state index in [4.69, 9.17) is 0 Å². The number of alkyl halides is 3. The van der Waals surface area contributed by atoms with Crippen LogP contribution in [0.3, 0.4) is 0 Å². The Bertz CT molecular complexity index is 973. The number of carbonyl (C=O) groups excluding carboxylic acids is 2. The van der Waals surface area contributed by atoms with Crippen molar-refractivity contribution < 1.29 is 22.8 Å². The molecule has 32 heavy (non-hydrogen) atoms. The number of aliphatic imine (C=N–C) groups is 1. The molecule has 0 radical (unpaired) electrons. The molecule has 0 saturated carbocycles. The van der Waals surface area contributed by atoms with Crippen LogP contribution >= 0.6 is 0 Å². The minimum atomic E-state index is -4.38. The molecule has 0 spiro atoms. The summed E-state index contributed by atoms with van der Waals surface area (Å²) in [7, 11) is 0. The Labute approximate surface area is 186 Å². The van der Waals surface area contributed by atoms with Crippen molar-refractivity contribution in [3.63, 3.8) is 0 Å². The Morgan fingerprint density at radius 3 is 2.41 bits per heavy atom. The number of rotatable bonds is 3. The van der Waals surface area contributed by atoms with Gasteiger partial charge in [0.25, 0.3) is 5.91 Å². The fourth-order valence-electron chi connectivity index (χ4n) is 4.89. The molecular weight excluding hydrogens is 419 g/mol. The first-order chi connectivity index (χ1) is 15.2. The number of piperidine rings is 1. The predicted octanol–water partition coefficient (Wildman–Crippen LogP) is 4.05. The molecule has 0 N–H and O–H groups in total. The van der Waals surface area contributed by atoms with Crippen molar-refractivity contribution in [1.82, 2.24) is 9.80 Å². The lowest BCUT2D eigenvalue weighted by Gasteiger charge is -2.34. The van der Waals surface area contributed by atoms with Crippen LogP contribution in [0.4, 0.5) is 13.2 Å². The highest BCUT2D eigenvalue weighted by molar-refractivity contribution is 6.46. The van der Waals surface area contributed by atoms with Crippen LogP contribution < -0.4 is 0 Å². The zero-order chi connectivity index (χ0) is 23.0. The lowest BCUT2D eigenvalue weighted by molar-refractivity contribution is -0.138. The number of halogens is 3. The summed E-state index contributed by atoms with van der Waals surface area (Å²) in [4.78, 5) is 33.6. The Kier molecular flexibility index (Phi) is 6.14. The molecule has 0 aliphatic carbocycles. The zero-order valence-corrected chi connectivity index (χ0v) is 18.4. The average Bonchev–Trinajstić information content (AvgIpc) is 3.20. The van der Waals surface area contributed by atoms with Crippen LogP contribution in [0.5, 0.6) is 0 Å². The second kappa shape index (κ2) is 8.71. The minimum absolute atomic E-state index is 0.0689. The van der Waals surface area contributed by atoms with Crippen LogP contribution in [0, 0.1) is 5.92 Å².